The molecule has 27 heavy (non-hydrogen) atoms. The number of nitrogens with zero attached hydrogens (tertiary/aromatic N) is 4. The molecule has 2 unspecified atom stereocenters. The molecular weight excluding hydrogens is 343 g/mol. The van der Waals surface area contributed by atoms with Crippen LogP contribution in [0.15, 0.2) is 34.9 Å². The predicted molar refractivity (Wildman–Crippen MR) is 97.6 cm³/mol. The van der Waals surface area contributed by atoms with Crippen LogP contribution in [-0.4, -0.2) is 20.3 Å². The molecule has 2 aliphatic carbocycles. The summed E-state index contributed by atoms with van der Waals surface area (Å²) in [6.07, 6.45) is 2.76. The van der Waals surface area contributed by atoms with E-state index in [-0.39, 0.29) is 16.6 Å². The predicted octanol–water partition coefficient (Wildman–Crippen LogP) is 4.37. The Morgan fingerprint density at radius 3 is 2.78 bits per heavy atom. The highest BCUT2D eigenvalue weighted by Gasteiger charge is 2.63. The molecule has 3 aromatic rings. The maximum atomic E-state index is 14.2. The van der Waals surface area contributed by atoms with Crippen LogP contribution < -0.4 is 0 Å². The van der Waals surface area contributed by atoms with Crippen LogP contribution in [0.4, 0.5) is 4.39 Å². The van der Waals surface area contributed by atoms with Gasteiger partial charge in [0.25, 0.3) is 0 Å². The standard InChI is InChI=1S/C21H21FN4O/c1-12-23-18(27-26-12)11-21-9-8-15(20(21,2)3)14-10-17(24-25-19(14)21)13-6-4-5-7-16(13)22/h4-7,10,15H,8-9,11H2,1-3H3. The maximum Gasteiger partial charge on any atom is 0.227 e. The van der Waals surface area contributed by atoms with Crippen molar-refractivity contribution in [2.24, 2.45) is 5.41 Å². The fourth-order valence-electron chi connectivity index (χ4n) is 5.29. The molecule has 0 radical (unpaired) electrons. The molecule has 0 spiro atoms. The third kappa shape index (κ3) is 2.16. The fourth-order valence-corrected chi connectivity index (χ4v) is 5.29. The number of hydrogen-bond acceptors (Lipinski definition) is 5. The van der Waals surface area contributed by atoms with Crippen molar-refractivity contribution in [3.63, 3.8) is 0 Å². The molecule has 2 bridgehead atoms. The van der Waals surface area contributed by atoms with Gasteiger partial charge in [-0.15, -0.1) is 0 Å². The van der Waals surface area contributed by atoms with E-state index >= 15 is 0 Å². The second kappa shape index (κ2) is 5.44. The first kappa shape index (κ1) is 16.5. The zero-order valence-corrected chi connectivity index (χ0v) is 15.7. The van der Waals surface area contributed by atoms with Crippen molar-refractivity contribution in [2.45, 2.75) is 51.4 Å². The molecule has 2 aliphatic rings. The van der Waals surface area contributed by atoms with Gasteiger partial charge >= 0.3 is 0 Å². The molecule has 0 N–H and O–H groups in total. The first-order chi connectivity index (χ1) is 12.9. The summed E-state index contributed by atoms with van der Waals surface area (Å²) < 4.78 is 19.7. The molecule has 2 aromatic heterocycles. The van der Waals surface area contributed by atoms with Crippen LogP contribution in [-0.2, 0) is 11.8 Å². The summed E-state index contributed by atoms with van der Waals surface area (Å²) in [5.41, 5.74) is 3.12. The minimum absolute atomic E-state index is 0.000242. The number of aryl methyl sites for hydroxylation is 1. The summed E-state index contributed by atoms with van der Waals surface area (Å²) in [7, 11) is 0. The van der Waals surface area contributed by atoms with Gasteiger partial charge in [-0.25, -0.2) is 4.39 Å². The van der Waals surface area contributed by atoms with E-state index in [2.05, 4.69) is 34.2 Å². The second-order valence-electron chi connectivity index (χ2n) is 8.32. The topological polar surface area (TPSA) is 64.7 Å². The number of benzene rings is 1. The first-order valence-corrected chi connectivity index (χ1v) is 9.34. The van der Waals surface area contributed by atoms with Crippen LogP contribution >= 0.6 is 0 Å². The number of aromatic nitrogens is 4. The van der Waals surface area contributed by atoms with E-state index in [4.69, 9.17) is 4.52 Å². The van der Waals surface area contributed by atoms with E-state index in [0.717, 1.165) is 18.5 Å². The van der Waals surface area contributed by atoms with Gasteiger partial charge in [0, 0.05) is 17.4 Å². The molecule has 138 valence electrons. The van der Waals surface area contributed by atoms with Crippen molar-refractivity contribution in [3.05, 3.63) is 59.1 Å². The minimum atomic E-state index is -0.273. The van der Waals surface area contributed by atoms with Gasteiger partial charge in [0.1, 0.15) is 5.82 Å². The Kier molecular flexibility index (Phi) is 3.33. The van der Waals surface area contributed by atoms with Gasteiger partial charge in [-0.2, -0.15) is 15.2 Å². The monoisotopic (exact) mass is 364 g/mol. The summed E-state index contributed by atoms with van der Waals surface area (Å²) in [4.78, 5) is 4.43. The van der Waals surface area contributed by atoms with Crippen LogP contribution in [0.5, 0.6) is 0 Å². The van der Waals surface area contributed by atoms with Gasteiger partial charge in [0.15, 0.2) is 5.82 Å². The molecule has 0 saturated heterocycles. The van der Waals surface area contributed by atoms with Crippen LogP contribution in [0.25, 0.3) is 11.3 Å². The lowest BCUT2D eigenvalue weighted by molar-refractivity contribution is 0.187. The molecule has 2 heterocycles. The number of fused-ring (bicyclic) bond motifs is 5. The van der Waals surface area contributed by atoms with Crippen molar-refractivity contribution in [1.29, 1.82) is 0 Å². The average Bonchev–Trinajstić information content (AvgIpc) is 3.22. The highest BCUT2D eigenvalue weighted by Crippen LogP contribution is 2.68. The van der Waals surface area contributed by atoms with Crippen LogP contribution in [0.3, 0.4) is 0 Å². The van der Waals surface area contributed by atoms with Gasteiger partial charge in [0.2, 0.25) is 5.89 Å². The Morgan fingerprint density at radius 1 is 1.22 bits per heavy atom. The number of hydrogen-bond donors (Lipinski definition) is 0. The molecule has 1 fully saturated rings. The number of halogens is 1. The summed E-state index contributed by atoms with van der Waals surface area (Å²) in [6.45, 7) is 6.41. The van der Waals surface area contributed by atoms with Crippen molar-refractivity contribution in [1.82, 2.24) is 20.3 Å². The highest BCUT2D eigenvalue weighted by atomic mass is 19.1. The third-order valence-corrected chi connectivity index (χ3v) is 6.79. The lowest BCUT2D eigenvalue weighted by Gasteiger charge is -2.36. The molecule has 1 saturated carbocycles. The van der Waals surface area contributed by atoms with E-state index in [0.29, 0.717) is 35.3 Å². The second-order valence-corrected chi connectivity index (χ2v) is 8.32. The van der Waals surface area contributed by atoms with Crippen LogP contribution in [0.2, 0.25) is 0 Å². The Labute approximate surface area is 157 Å². The van der Waals surface area contributed by atoms with Gasteiger partial charge in [-0.1, -0.05) is 31.1 Å². The smallest absolute Gasteiger partial charge is 0.227 e. The van der Waals surface area contributed by atoms with E-state index in [1.165, 1.54) is 11.6 Å². The van der Waals surface area contributed by atoms with Crippen LogP contribution in [0.1, 0.15) is 55.6 Å². The molecule has 0 amide bonds. The molecule has 1 aromatic carbocycles. The average molecular weight is 364 g/mol. The van der Waals surface area contributed by atoms with Crippen molar-refractivity contribution >= 4 is 0 Å². The molecule has 0 aliphatic heterocycles. The quantitative estimate of drug-likeness (QED) is 0.690. The minimum Gasteiger partial charge on any atom is -0.339 e. The van der Waals surface area contributed by atoms with Gasteiger partial charge < -0.3 is 4.52 Å². The summed E-state index contributed by atoms with van der Waals surface area (Å²) >= 11 is 0. The maximum absolute atomic E-state index is 14.2. The van der Waals surface area contributed by atoms with Gasteiger partial charge in [0.05, 0.1) is 11.4 Å². The van der Waals surface area contributed by atoms with E-state index in [9.17, 15) is 4.39 Å². The molecular formula is C21H21FN4O. The third-order valence-electron chi connectivity index (χ3n) is 6.79. The Bertz CT molecular complexity index is 1040. The van der Waals surface area contributed by atoms with E-state index in [1.54, 1.807) is 12.1 Å². The first-order valence-electron chi connectivity index (χ1n) is 9.34. The summed E-state index contributed by atoms with van der Waals surface area (Å²) in [5.74, 6) is 1.39. The van der Waals surface area contributed by atoms with Crippen molar-refractivity contribution in [2.75, 3.05) is 0 Å². The number of rotatable bonds is 3. The molecule has 5 rings (SSSR count). The Hall–Kier alpha value is -2.63. The Morgan fingerprint density at radius 2 is 2.04 bits per heavy atom. The molecule has 2 atom stereocenters. The lowest BCUT2D eigenvalue weighted by atomic mass is 9.66. The zero-order chi connectivity index (χ0) is 18.8. The summed E-state index contributed by atoms with van der Waals surface area (Å²) in [6, 6.07) is 8.75. The van der Waals surface area contributed by atoms with Crippen LogP contribution in [0, 0.1) is 18.2 Å². The van der Waals surface area contributed by atoms with Gasteiger partial charge in [-0.3, -0.25) is 0 Å². The normalized spacial score (nSPS) is 25.0. The van der Waals surface area contributed by atoms with Crippen molar-refractivity contribution < 1.29 is 8.91 Å². The lowest BCUT2D eigenvalue weighted by Crippen LogP contribution is -2.38. The van der Waals surface area contributed by atoms with Gasteiger partial charge in [-0.05, 0) is 54.9 Å². The summed E-state index contributed by atoms with van der Waals surface area (Å²) in [5, 5.41) is 13.0. The zero-order valence-electron chi connectivity index (χ0n) is 15.7. The van der Waals surface area contributed by atoms with E-state index < -0.39 is 0 Å². The Balaban J connectivity index is 1.63. The largest absolute Gasteiger partial charge is 0.339 e. The van der Waals surface area contributed by atoms with E-state index in [1.807, 2.05) is 19.1 Å². The molecule has 6 heteroatoms. The molecule has 5 nitrogen and oxygen atoms in total. The SMILES string of the molecule is Cc1noc(CC23CCC(c4cc(-c5ccccc5F)nnc42)C3(C)C)n1. The highest BCUT2D eigenvalue weighted by molar-refractivity contribution is 5.62. The van der Waals surface area contributed by atoms with Crippen molar-refractivity contribution in [3.8, 4) is 11.3 Å². The fraction of sp³-hybridized carbons (Fsp3) is 0.429.